The van der Waals surface area contributed by atoms with Crippen LogP contribution >= 0.6 is 0 Å². The summed E-state index contributed by atoms with van der Waals surface area (Å²) in [6, 6.07) is 17.6. The summed E-state index contributed by atoms with van der Waals surface area (Å²) in [7, 11) is -3.62. The largest absolute Gasteiger partial charge is 0.335 e. The Balaban J connectivity index is 1.68. The number of benzene rings is 2. The zero-order valence-electron chi connectivity index (χ0n) is 16.0. The van der Waals surface area contributed by atoms with E-state index in [4.69, 9.17) is 9.66 Å². The van der Waals surface area contributed by atoms with Crippen LogP contribution in [0.15, 0.2) is 65.2 Å². The second kappa shape index (κ2) is 7.69. The Kier molecular flexibility index (Phi) is 5.06. The third-order valence-electron chi connectivity index (χ3n) is 4.51. The Morgan fingerprint density at radius 2 is 1.80 bits per heavy atom. The van der Waals surface area contributed by atoms with Crippen molar-refractivity contribution in [2.45, 2.75) is 12.7 Å². The number of anilines is 1. The third-order valence-corrected chi connectivity index (χ3v) is 5.25. The van der Waals surface area contributed by atoms with Crippen molar-refractivity contribution in [2.75, 3.05) is 5.32 Å². The lowest BCUT2D eigenvalue weighted by molar-refractivity contribution is 0.102. The van der Waals surface area contributed by atoms with Crippen LogP contribution in [0.4, 0.5) is 5.69 Å². The minimum absolute atomic E-state index is 0.271. The molecule has 0 unspecified atom stereocenters. The van der Waals surface area contributed by atoms with E-state index in [2.05, 4.69) is 15.5 Å². The normalized spacial score (nSPS) is 11.5. The number of nitrogens with two attached hydrogens (primary N) is 1. The molecule has 0 bridgehead atoms. The van der Waals surface area contributed by atoms with Crippen LogP contribution in [-0.2, 0) is 15.8 Å². The molecule has 0 spiro atoms. The Morgan fingerprint density at radius 3 is 2.47 bits per heavy atom. The number of pyridine rings is 1. The molecule has 3 N–H and O–H groups in total. The summed E-state index contributed by atoms with van der Waals surface area (Å²) in [4.78, 5) is 17.5. The molecule has 0 aliphatic rings. The van der Waals surface area contributed by atoms with E-state index in [1.165, 1.54) is 0 Å². The minimum atomic E-state index is -3.62. The van der Waals surface area contributed by atoms with Gasteiger partial charge in [-0.1, -0.05) is 47.6 Å². The molecule has 0 saturated heterocycles. The van der Waals surface area contributed by atoms with E-state index in [1.807, 2.05) is 30.3 Å². The van der Waals surface area contributed by atoms with Crippen LogP contribution in [0.1, 0.15) is 21.6 Å². The molecule has 1 amide bonds. The molecular weight excluding hydrogens is 404 g/mol. The summed E-state index contributed by atoms with van der Waals surface area (Å²) >= 11 is 0. The second-order valence-electron chi connectivity index (χ2n) is 6.83. The van der Waals surface area contributed by atoms with Crippen LogP contribution in [-0.4, -0.2) is 24.5 Å². The number of nitrogens with zero attached hydrogens (tertiary/aromatic N) is 2. The van der Waals surface area contributed by atoms with Crippen LogP contribution < -0.4 is 10.5 Å². The minimum Gasteiger partial charge on any atom is -0.335 e. The number of amides is 1. The standard InChI is InChI=1S/C21H18N4O4S/c1-13-19-17(11-18(24-21(19)29-25-13)15-5-3-2-4-6-15)20(26)23-16-9-7-14(8-10-16)12-30(22,27)28/h2-11H,12H2,1H3,(H,23,26)(H2,22,27,28). The van der Waals surface area contributed by atoms with Crippen LogP contribution in [0, 0.1) is 6.92 Å². The first-order valence-corrected chi connectivity index (χ1v) is 10.7. The number of aromatic nitrogens is 2. The van der Waals surface area contributed by atoms with Crippen molar-refractivity contribution in [3.05, 3.63) is 77.5 Å². The Labute approximate surface area is 172 Å². The van der Waals surface area contributed by atoms with Crippen LogP contribution in [0.5, 0.6) is 0 Å². The van der Waals surface area contributed by atoms with Crippen molar-refractivity contribution in [3.8, 4) is 11.3 Å². The van der Waals surface area contributed by atoms with Crippen molar-refractivity contribution in [3.63, 3.8) is 0 Å². The van der Waals surface area contributed by atoms with Gasteiger partial charge < -0.3 is 9.84 Å². The van der Waals surface area contributed by atoms with Crippen molar-refractivity contribution in [2.24, 2.45) is 5.14 Å². The van der Waals surface area contributed by atoms with Gasteiger partial charge in [-0.25, -0.2) is 18.5 Å². The van der Waals surface area contributed by atoms with Gasteiger partial charge in [0.15, 0.2) is 0 Å². The second-order valence-corrected chi connectivity index (χ2v) is 8.44. The maximum Gasteiger partial charge on any atom is 0.259 e. The highest BCUT2D eigenvalue weighted by Crippen LogP contribution is 2.27. The molecule has 9 heteroatoms. The summed E-state index contributed by atoms with van der Waals surface area (Å²) in [6.45, 7) is 1.74. The number of sulfonamides is 1. The summed E-state index contributed by atoms with van der Waals surface area (Å²) in [5.41, 5.74) is 3.70. The summed E-state index contributed by atoms with van der Waals surface area (Å²) in [5.74, 6) is -0.628. The zero-order chi connectivity index (χ0) is 21.3. The van der Waals surface area contributed by atoms with Crippen molar-refractivity contribution in [1.82, 2.24) is 10.1 Å². The highest BCUT2D eigenvalue weighted by molar-refractivity contribution is 7.88. The van der Waals surface area contributed by atoms with Crippen LogP contribution in [0.3, 0.4) is 0 Å². The molecule has 0 fully saturated rings. The quantitative estimate of drug-likeness (QED) is 0.508. The third kappa shape index (κ3) is 4.22. The van der Waals surface area contributed by atoms with E-state index >= 15 is 0 Å². The van der Waals surface area contributed by atoms with Gasteiger partial charge in [0.1, 0.15) is 0 Å². The molecule has 30 heavy (non-hydrogen) atoms. The van der Waals surface area contributed by atoms with Gasteiger partial charge >= 0.3 is 0 Å². The molecule has 0 atom stereocenters. The SMILES string of the molecule is Cc1noc2nc(-c3ccccc3)cc(C(=O)Nc3ccc(CS(N)(=O)=O)cc3)c12. The molecule has 4 aromatic rings. The number of carbonyl (C=O) groups is 1. The fourth-order valence-electron chi connectivity index (χ4n) is 3.15. The molecule has 2 heterocycles. The van der Waals surface area contributed by atoms with Gasteiger partial charge in [-0.05, 0) is 30.7 Å². The number of primary sulfonamides is 1. The molecule has 2 aromatic carbocycles. The first kappa shape index (κ1) is 19.7. The summed E-state index contributed by atoms with van der Waals surface area (Å²) in [5, 5.41) is 12.4. The predicted molar refractivity (Wildman–Crippen MR) is 113 cm³/mol. The smallest absolute Gasteiger partial charge is 0.259 e. The molecule has 0 aliphatic heterocycles. The number of nitrogens with one attached hydrogen (secondary N) is 1. The number of aryl methyl sites for hydroxylation is 1. The van der Waals surface area contributed by atoms with Gasteiger partial charge in [-0.15, -0.1) is 0 Å². The van der Waals surface area contributed by atoms with Crippen molar-refractivity contribution in [1.29, 1.82) is 0 Å². The summed E-state index contributed by atoms with van der Waals surface area (Å²) in [6.07, 6.45) is 0. The molecule has 0 radical (unpaired) electrons. The number of hydrogen-bond donors (Lipinski definition) is 2. The van der Waals surface area contributed by atoms with Crippen LogP contribution in [0.25, 0.3) is 22.4 Å². The highest BCUT2D eigenvalue weighted by Gasteiger charge is 2.19. The average molecular weight is 422 g/mol. The number of carbonyl (C=O) groups excluding carboxylic acids is 1. The Hall–Kier alpha value is -3.56. The lowest BCUT2D eigenvalue weighted by Gasteiger charge is -2.09. The van der Waals surface area contributed by atoms with Crippen molar-refractivity contribution >= 4 is 32.7 Å². The molecule has 4 rings (SSSR count). The van der Waals surface area contributed by atoms with Gasteiger partial charge in [0.05, 0.1) is 28.1 Å². The van der Waals surface area contributed by atoms with E-state index < -0.39 is 10.0 Å². The topological polar surface area (TPSA) is 128 Å². The van der Waals surface area contributed by atoms with E-state index in [0.29, 0.717) is 33.6 Å². The number of fused-ring (bicyclic) bond motifs is 1. The highest BCUT2D eigenvalue weighted by atomic mass is 32.2. The maximum atomic E-state index is 13.1. The van der Waals surface area contributed by atoms with E-state index in [9.17, 15) is 13.2 Å². The van der Waals surface area contributed by atoms with Gasteiger partial charge in [0.2, 0.25) is 10.0 Å². The van der Waals surface area contributed by atoms with E-state index in [-0.39, 0.29) is 17.4 Å². The lowest BCUT2D eigenvalue weighted by Crippen LogP contribution is -2.15. The van der Waals surface area contributed by atoms with Gasteiger partial charge in [0.25, 0.3) is 11.6 Å². The molecular formula is C21H18N4O4S. The Morgan fingerprint density at radius 1 is 1.10 bits per heavy atom. The first-order chi connectivity index (χ1) is 14.3. The van der Waals surface area contributed by atoms with E-state index in [1.54, 1.807) is 37.3 Å². The summed E-state index contributed by atoms with van der Waals surface area (Å²) < 4.78 is 27.7. The first-order valence-electron chi connectivity index (χ1n) is 9.03. The zero-order valence-corrected chi connectivity index (χ0v) is 16.8. The number of hydrogen-bond acceptors (Lipinski definition) is 6. The fraction of sp³-hybridized carbons (Fsp3) is 0.0952. The lowest BCUT2D eigenvalue weighted by atomic mass is 10.0. The van der Waals surface area contributed by atoms with Gasteiger partial charge in [-0.2, -0.15) is 0 Å². The van der Waals surface area contributed by atoms with Gasteiger partial charge in [-0.3, -0.25) is 4.79 Å². The maximum absolute atomic E-state index is 13.1. The molecule has 0 saturated carbocycles. The molecule has 152 valence electrons. The molecule has 0 aliphatic carbocycles. The molecule has 2 aromatic heterocycles. The Bertz CT molecular complexity index is 1330. The predicted octanol–water partition coefficient (Wildman–Crippen LogP) is 3.24. The fourth-order valence-corrected chi connectivity index (χ4v) is 3.80. The van der Waals surface area contributed by atoms with E-state index in [0.717, 1.165) is 5.56 Å². The number of rotatable bonds is 5. The average Bonchev–Trinajstić information content (AvgIpc) is 3.09. The van der Waals surface area contributed by atoms with Gasteiger partial charge in [0, 0.05) is 11.3 Å². The monoisotopic (exact) mass is 422 g/mol. The van der Waals surface area contributed by atoms with Crippen molar-refractivity contribution < 1.29 is 17.7 Å². The van der Waals surface area contributed by atoms with Crippen LogP contribution in [0.2, 0.25) is 0 Å². The molecule has 8 nitrogen and oxygen atoms in total.